The summed E-state index contributed by atoms with van der Waals surface area (Å²) in [7, 11) is 5.50. The molecule has 30 heavy (non-hydrogen) atoms. The van der Waals surface area contributed by atoms with Crippen LogP contribution in [0.3, 0.4) is 0 Å². The Morgan fingerprint density at radius 3 is 2.37 bits per heavy atom. The number of rotatable bonds is 6. The molecule has 0 saturated carbocycles. The van der Waals surface area contributed by atoms with Crippen LogP contribution in [0.25, 0.3) is 6.08 Å². The van der Waals surface area contributed by atoms with E-state index in [0.717, 1.165) is 0 Å². The molecule has 1 aliphatic rings. The van der Waals surface area contributed by atoms with Gasteiger partial charge in [-0.3, -0.25) is 4.79 Å². The van der Waals surface area contributed by atoms with Crippen molar-refractivity contribution in [2.45, 2.75) is 12.0 Å². The standard InChI is InChI=1S/C22H22O8/c1-26-16-11-13(6-7-15(16)23)20-19(22(25)29-4)14-9-12(5-8-18(24)28-3)10-17(27-2)21(14)30-20/h5-11,19-20,23H,1-4H3/b8-5+/t19-,20?/m1/s1. The van der Waals surface area contributed by atoms with Crippen molar-refractivity contribution in [2.75, 3.05) is 28.4 Å². The first-order valence-electron chi connectivity index (χ1n) is 9.02. The van der Waals surface area contributed by atoms with Crippen LogP contribution in [-0.4, -0.2) is 45.5 Å². The molecule has 1 unspecified atom stereocenters. The number of ether oxygens (including phenoxy) is 5. The Balaban J connectivity index is 2.11. The lowest BCUT2D eigenvalue weighted by Crippen LogP contribution is -2.20. The first-order valence-corrected chi connectivity index (χ1v) is 9.02. The molecule has 1 N–H and O–H groups in total. The van der Waals surface area contributed by atoms with E-state index in [1.807, 2.05) is 0 Å². The zero-order valence-corrected chi connectivity index (χ0v) is 17.0. The number of methoxy groups -OCH3 is 4. The first kappa shape index (κ1) is 21.0. The second-order valence-corrected chi connectivity index (χ2v) is 6.47. The van der Waals surface area contributed by atoms with Crippen LogP contribution in [0.1, 0.15) is 28.7 Å². The lowest BCUT2D eigenvalue weighted by atomic mass is 9.90. The second-order valence-electron chi connectivity index (χ2n) is 6.47. The number of fused-ring (bicyclic) bond motifs is 1. The van der Waals surface area contributed by atoms with Gasteiger partial charge >= 0.3 is 11.9 Å². The highest BCUT2D eigenvalue weighted by atomic mass is 16.5. The minimum atomic E-state index is -0.792. The quantitative estimate of drug-likeness (QED) is 0.569. The maximum absolute atomic E-state index is 12.7. The summed E-state index contributed by atoms with van der Waals surface area (Å²) in [5.41, 5.74) is 1.80. The maximum Gasteiger partial charge on any atom is 0.330 e. The van der Waals surface area contributed by atoms with Crippen LogP contribution in [0.4, 0.5) is 0 Å². The smallest absolute Gasteiger partial charge is 0.330 e. The Hall–Kier alpha value is -3.68. The first-order chi connectivity index (χ1) is 14.4. The van der Waals surface area contributed by atoms with Gasteiger partial charge in [0.05, 0.1) is 28.4 Å². The third kappa shape index (κ3) is 3.89. The number of carbonyl (C=O) groups is 2. The van der Waals surface area contributed by atoms with Gasteiger partial charge in [-0.15, -0.1) is 0 Å². The van der Waals surface area contributed by atoms with Gasteiger partial charge in [-0.1, -0.05) is 6.07 Å². The van der Waals surface area contributed by atoms with Gasteiger partial charge in [-0.05, 0) is 41.5 Å². The number of phenolic OH excluding ortho intramolecular Hbond substituents is 1. The van der Waals surface area contributed by atoms with E-state index in [9.17, 15) is 14.7 Å². The minimum absolute atomic E-state index is 0.0285. The molecule has 1 heterocycles. The van der Waals surface area contributed by atoms with Crippen LogP contribution in [0.15, 0.2) is 36.4 Å². The molecule has 158 valence electrons. The highest BCUT2D eigenvalue weighted by molar-refractivity contribution is 5.88. The van der Waals surface area contributed by atoms with Gasteiger partial charge in [0, 0.05) is 11.6 Å². The number of benzene rings is 2. The Kier molecular flexibility index (Phi) is 6.15. The molecule has 1 aliphatic heterocycles. The van der Waals surface area contributed by atoms with Gasteiger partial charge in [0.15, 0.2) is 23.0 Å². The molecule has 2 atom stereocenters. The van der Waals surface area contributed by atoms with E-state index in [4.69, 9.17) is 18.9 Å². The average molecular weight is 414 g/mol. The lowest BCUT2D eigenvalue weighted by Gasteiger charge is -2.18. The molecule has 0 radical (unpaired) electrons. The molecule has 0 aliphatic carbocycles. The van der Waals surface area contributed by atoms with Crippen molar-refractivity contribution in [1.29, 1.82) is 0 Å². The summed E-state index contributed by atoms with van der Waals surface area (Å²) in [6.45, 7) is 0. The van der Waals surface area contributed by atoms with Crippen molar-refractivity contribution in [3.8, 4) is 23.0 Å². The molecule has 0 aromatic heterocycles. The molecule has 0 amide bonds. The van der Waals surface area contributed by atoms with Crippen molar-refractivity contribution in [3.05, 3.63) is 53.1 Å². The van der Waals surface area contributed by atoms with E-state index >= 15 is 0 Å². The summed E-state index contributed by atoms with van der Waals surface area (Å²) in [6, 6.07) is 8.14. The fourth-order valence-electron chi connectivity index (χ4n) is 3.35. The Morgan fingerprint density at radius 2 is 1.73 bits per heavy atom. The van der Waals surface area contributed by atoms with Crippen molar-refractivity contribution in [2.24, 2.45) is 0 Å². The SMILES string of the molecule is COC(=O)/C=C/c1cc(OC)c2c(c1)[C@@H](C(=O)OC)C(c1ccc(O)c(OC)c1)O2. The van der Waals surface area contributed by atoms with Crippen molar-refractivity contribution < 1.29 is 38.4 Å². The van der Waals surface area contributed by atoms with E-state index in [2.05, 4.69) is 4.74 Å². The van der Waals surface area contributed by atoms with Gasteiger partial charge in [-0.2, -0.15) is 0 Å². The van der Waals surface area contributed by atoms with Crippen molar-refractivity contribution >= 4 is 18.0 Å². The average Bonchev–Trinajstić information content (AvgIpc) is 3.16. The van der Waals surface area contributed by atoms with Crippen LogP contribution in [0.2, 0.25) is 0 Å². The van der Waals surface area contributed by atoms with Gasteiger partial charge < -0.3 is 28.8 Å². The van der Waals surface area contributed by atoms with Gasteiger partial charge in [0.1, 0.15) is 12.0 Å². The van der Waals surface area contributed by atoms with Gasteiger partial charge in [-0.25, -0.2) is 4.79 Å². The molecular formula is C22H22O8. The summed E-state index contributed by atoms with van der Waals surface area (Å²) >= 11 is 0. The fourth-order valence-corrected chi connectivity index (χ4v) is 3.35. The summed E-state index contributed by atoms with van der Waals surface area (Å²) < 4.78 is 26.4. The third-order valence-corrected chi connectivity index (χ3v) is 4.81. The Morgan fingerprint density at radius 1 is 1.00 bits per heavy atom. The molecule has 2 aromatic carbocycles. The predicted molar refractivity (Wildman–Crippen MR) is 107 cm³/mol. The van der Waals surface area contributed by atoms with E-state index in [1.54, 1.807) is 30.3 Å². The minimum Gasteiger partial charge on any atom is -0.504 e. The molecule has 0 bridgehead atoms. The molecule has 0 saturated heterocycles. The van der Waals surface area contributed by atoms with Gasteiger partial charge in [0.25, 0.3) is 0 Å². The number of carbonyl (C=O) groups excluding carboxylic acids is 2. The molecule has 8 heteroatoms. The topological polar surface area (TPSA) is 101 Å². The van der Waals surface area contributed by atoms with Crippen LogP contribution >= 0.6 is 0 Å². The monoisotopic (exact) mass is 414 g/mol. The molecule has 2 aromatic rings. The molecule has 0 spiro atoms. The maximum atomic E-state index is 12.7. The highest BCUT2D eigenvalue weighted by Gasteiger charge is 2.43. The van der Waals surface area contributed by atoms with E-state index < -0.39 is 24.0 Å². The van der Waals surface area contributed by atoms with Crippen LogP contribution in [0.5, 0.6) is 23.0 Å². The Labute approximate surface area is 173 Å². The zero-order chi connectivity index (χ0) is 21.8. The van der Waals surface area contributed by atoms with Gasteiger partial charge in [0.2, 0.25) is 0 Å². The van der Waals surface area contributed by atoms with Crippen LogP contribution in [0, 0.1) is 0 Å². The Bertz CT molecular complexity index is 995. The normalized spacial score (nSPS) is 17.2. The molecule has 8 nitrogen and oxygen atoms in total. The van der Waals surface area contributed by atoms with Crippen LogP contribution < -0.4 is 14.2 Å². The van der Waals surface area contributed by atoms with E-state index in [-0.39, 0.29) is 11.5 Å². The summed E-state index contributed by atoms with van der Waals surface area (Å²) in [5, 5.41) is 9.89. The zero-order valence-electron chi connectivity index (χ0n) is 17.0. The van der Waals surface area contributed by atoms with Crippen molar-refractivity contribution in [1.82, 2.24) is 0 Å². The second kappa shape index (κ2) is 8.77. The number of esters is 2. The number of hydrogen-bond acceptors (Lipinski definition) is 8. The number of phenols is 1. The predicted octanol–water partition coefficient (Wildman–Crippen LogP) is 2.99. The summed E-state index contributed by atoms with van der Waals surface area (Å²) in [4.78, 5) is 24.1. The fraction of sp³-hybridized carbons (Fsp3) is 0.273. The van der Waals surface area contributed by atoms with Crippen molar-refractivity contribution in [3.63, 3.8) is 0 Å². The summed E-state index contributed by atoms with van der Waals surface area (Å²) in [5.74, 6) is -0.770. The van der Waals surface area contributed by atoms with E-state index in [1.165, 1.54) is 40.6 Å². The molecule has 0 fully saturated rings. The number of hydrogen-bond donors (Lipinski definition) is 1. The highest BCUT2D eigenvalue weighted by Crippen LogP contribution is 2.52. The lowest BCUT2D eigenvalue weighted by molar-refractivity contribution is -0.144. The van der Waals surface area contributed by atoms with Crippen LogP contribution in [-0.2, 0) is 19.1 Å². The summed E-state index contributed by atoms with van der Waals surface area (Å²) in [6.07, 6.45) is 2.10. The largest absolute Gasteiger partial charge is 0.504 e. The molecule has 3 rings (SSSR count). The number of aromatic hydroxyl groups is 1. The third-order valence-electron chi connectivity index (χ3n) is 4.81. The molecular weight excluding hydrogens is 392 g/mol. The van der Waals surface area contributed by atoms with E-state index in [0.29, 0.717) is 28.2 Å².